The second-order valence-electron chi connectivity index (χ2n) is 9.59. The molecule has 1 N–H and O–H groups in total. The maximum Gasteiger partial charge on any atom is 0.254 e. The zero-order valence-electron chi connectivity index (χ0n) is 18.8. The fourth-order valence-corrected chi connectivity index (χ4v) is 4.24. The largest absolute Gasteiger partial charge is 0.391 e. The van der Waals surface area contributed by atoms with E-state index in [0.29, 0.717) is 23.7 Å². The summed E-state index contributed by atoms with van der Waals surface area (Å²) in [6, 6.07) is 11.5. The molecule has 1 aliphatic heterocycles. The smallest absolute Gasteiger partial charge is 0.254 e. The topological polar surface area (TPSA) is 66.3 Å². The van der Waals surface area contributed by atoms with Gasteiger partial charge in [0.1, 0.15) is 0 Å². The monoisotopic (exact) mass is 449 g/mol. The number of aliphatic hydroxyl groups is 1. The molecule has 1 aromatic carbocycles. The zero-order chi connectivity index (χ0) is 23.0. The van der Waals surface area contributed by atoms with E-state index in [-0.39, 0.29) is 17.2 Å². The van der Waals surface area contributed by atoms with Crippen LogP contribution in [0.4, 0.5) is 0 Å². The first-order valence-corrected chi connectivity index (χ1v) is 11.2. The van der Waals surface area contributed by atoms with Gasteiger partial charge in [-0.05, 0) is 35.9 Å². The maximum atomic E-state index is 12.8. The Kier molecular flexibility index (Phi) is 6.06. The third kappa shape index (κ3) is 4.54. The number of likely N-dealkylation sites (tertiary alicyclic amines) is 1. The van der Waals surface area contributed by atoms with E-state index in [1.807, 2.05) is 31.5 Å². The van der Waals surface area contributed by atoms with Crippen LogP contribution in [0.3, 0.4) is 0 Å². The molecule has 3 aromatic rings. The molecule has 0 radical (unpaired) electrons. The van der Waals surface area contributed by atoms with Gasteiger partial charge in [0, 0.05) is 76.0 Å². The Morgan fingerprint density at radius 3 is 2.47 bits per heavy atom. The van der Waals surface area contributed by atoms with Gasteiger partial charge in [-0.3, -0.25) is 14.8 Å². The molecule has 0 aliphatic carbocycles. The van der Waals surface area contributed by atoms with E-state index < -0.39 is 6.10 Å². The highest BCUT2D eigenvalue weighted by atomic mass is 35.5. The van der Waals surface area contributed by atoms with Crippen LogP contribution in [-0.2, 0) is 5.41 Å². The molecule has 1 aliphatic rings. The summed E-state index contributed by atoms with van der Waals surface area (Å²) < 4.78 is 0. The van der Waals surface area contributed by atoms with Crippen LogP contribution in [-0.4, -0.2) is 45.1 Å². The molecule has 1 saturated heterocycles. The van der Waals surface area contributed by atoms with Gasteiger partial charge in [0.05, 0.1) is 6.10 Å². The summed E-state index contributed by atoms with van der Waals surface area (Å²) >= 11 is 6.60. The number of aliphatic hydroxyl groups excluding tert-OH is 1. The van der Waals surface area contributed by atoms with Crippen LogP contribution >= 0.6 is 11.6 Å². The third-order valence-electron chi connectivity index (χ3n) is 5.99. The minimum atomic E-state index is -0.477. The van der Waals surface area contributed by atoms with Crippen LogP contribution < -0.4 is 0 Å². The number of pyridine rings is 2. The van der Waals surface area contributed by atoms with E-state index in [1.165, 1.54) is 0 Å². The van der Waals surface area contributed by atoms with E-state index in [0.717, 1.165) is 27.9 Å². The Morgan fingerprint density at radius 1 is 1.06 bits per heavy atom. The highest BCUT2D eigenvalue weighted by Crippen LogP contribution is 2.33. The van der Waals surface area contributed by atoms with Crippen LogP contribution in [0, 0.1) is 5.92 Å². The number of β-amino-alcohol motifs (C(OH)–C–C–N with tert-alkyl or cyclic N) is 1. The number of amides is 1. The summed E-state index contributed by atoms with van der Waals surface area (Å²) in [7, 11) is 0. The van der Waals surface area contributed by atoms with E-state index in [2.05, 4.69) is 42.9 Å². The fourth-order valence-electron chi connectivity index (χ4n) is 3.95. The molecule has 0 unspecified atom stereocenters. The standard InChI is InChI=1S/C26H28ClN3O2/c1-16-14-30(15-23(16)31)25(32)18-5-6-21(22(27)10-18)20-9-19(12-28-13-20)17-7-8-29-24(11-17)26(2,3)4/h5-13,16,23,31H,14-15H2,1-4H3/t16-,23-/m0/s1. The van der Waals surface area contributed by atoms with Gasteiger partial charge in [0.25, 0.3) is 5.91 Å². The van der Waals surface area contributed by atoms with Crippen LogP contribution in [0.2, 0.25) is 5.02 Å². The molecule has 1 fully saturated rings. The van der Waals surface area contributed by atoms with Gasteiger partial charge < -0.3 is 10.0 Å². The van der Waals surface area contributed by atoms with Crippen LogP contribution in [0.1, 0.15) is 43.7 Å². The number of halogens is 1. The number of nitrogens with zero attached hydrogens (tertiary/aromatic N) is 3. The highest BCUT2D eigenvalue weighted by Gasteiger charge is 2.31. The third-order valence-corrected chi connectivity index (χ3v) is 6.30. The Labute approximate surface area is 194 Å². The molecule has 2 atom stereocenters. The molecule has 0 spiro atoms. The quantitative estimate of drug-likeness (QED) is 0.595. The summed E-state index contributed by atoms with van der Waals surface area (Å²) in [5.74, 6) is -0.0327. The maximum absolute atomic E-state index is 12.8. The highest BCUT2D eigenvalue weighted by molar-refractivity contribution is 6.33. The molecule has 0 bridgehead atoms. The van der Waals surface area contributed by atoms with Crippen molar-refractivity contribution in [2.75, 3.05) is 13.1 Å². The number of carbonyl (C=O) groups excluding carboxylic acids is 1. The molecule has 32 heavy (non-hydrogen) atoms. The lowest BCUT2D eigenvalue weighted by molar-refractivity contribution is 0.0764. The van der Waals surface area contributed by atoms with Gasteiger partial charge in [-0.15, -0.1) is 0 Å². The molecule has 5 nitrogen and oxygen atoms in total. The first-order chi connectivity index (χ1) is 15.1. The van der Waals surface area contributed by atoms with Crippen LogP contribution in [0.25, 0.3) is 22.3 Å². The predicted octanol–water partition coefficient (Wildman–Crippen LogP) is 5.21. The number of aromatic nitrogens is 2. The normalized spacial score (nSPS) is 18.8. The van der Waals surface area contributed by atoms with Crippen molar-refractivity contribution >= 4 is 17.5 Å². The molecule has 6 heteroatoms. The summed E-state index contributed by atoms with van der Waals surface area (Å²) in [5, 5.41) is 10.5. The zero-order valence-corrected chi connectivity index (χ0v) is 19.6. The van der Waals surface area contributed by atoms with Crippen molar-refractivity contribution < 1.29 is 9.90 Å². The lowest BCUT2D eigenvalue weighted by atomic mass is 9.90. The van der Waals surface area contributed by atoms with Gasteiger partial charge >= 0.3 is 0 Å². The molecular formula is C26H28ClN3O2. The first kappa shape index (κ1) is 22.4. The lowest BCUT2D eigenvalue weighted by Crippen LogP contribution is -2.29. The first-order valence-electron chi connectivity index (χ1n) is 10.8. The van der Waals surface area contributed by atoms with Crippen molar-refractivity contribution in [2.45, 2.75) is 39.2 Å². The SMILES string of the molecule is C[C@H]1CN(C(=O)c2ccc(-c3cncc(-c4ccnc(C(C)(C)C)c4)c3)c(Cl)c2)C[C@@H]1O. The summed E-state index contributed by atoms with van der Waals surface area (Å²) in [6.07, 6.45) is 4.95. The second-order valence-corrected chi connectivity index (χ2v) is 10.00. The van der Waals surface area contributed by atoms with Gasteiger partial charge in [0.15, 0.2) is 0 Å². The van der Waals surface area contributed by atoms with Crippen molar-refractivity contribution in [3.63, 3.8) is 0 Å². The molecular weight excluding hydrogens is 422 g/mol. The average molecular weight is 450 g/mol. The Bertz CT molecular complexity index is 1150. The van der Waals surface area contributed by atoms with Gasteiger partial charge in [-0.25, -0.2) is 0 Å². The molecule has 2 aromatic heterocycles. The summed E-state index contributed by atoms with van der Waals surface area (Å²) in [5.41, 5.74) is 5.21. The molecule has 1 amide bonds. The van der Waals surface area contributed by atoms with E-state index >= 15 is 0 Å². The van der Waals surface area contributed by atoms with Crippen LogP contribution in [0.15, 0.2) is 55.0 Å². The number of benzene rings is 1. The number of hydrogen-bond donors (Lipinski definition) is 1. The average Bonchev–Trinajstić information content (AvgIpc) is 3.11. The minimum absolute atomic E-state index is 0.0457. The number of hydrogen-bond acceptors (Lipinski definition) is 4. The second kappa shape index (κ2) is 8.64. The Hall–Kier alpha value is -2.76. The molecule has 3 heterocycles. The molecule has 4 rings (SSSR count). The Morgan fingerprint density at radius 2 is 1.81 bits per heavy atom. The van der Waals surface area contributed by atoms with Crippen molar-refractivity contribution in [1.82, 2.24) is 14.9 Å². The van der Waals surface area contributed by atoms with Crippen molar-refractivity contribution in [1.29, 1.82) is 0 Å². The van der Waals surface area contributed by atoms with Crippen molar-refractivity contribution in [3.8, 4) is 22.3 Å². The van der Waals surface area contributed by atoms with E-state index in [4.69, 9.17) is 11.6 Å². The predicted molar refractivity (Wildman–Crippen MR) is 128 cm³/mol. The van der Waals surface area contributed by atoms with Crippen molar-refractivity contribution in [3.05, 3.63) is 71.3 Å². The van der Waals surface area contributed by atoms with E-state index in [1.54, 1.807) is 23.2 Å². The minimum Gasteiger partial charge on any atom is -0.391 e. The van der Waals surface area contributed by atoms with Crippen LogP contribution in [0.5, 0.6) is 0 Å². The number of rotatable bonds is 3. The Balaban J connectivity index is 1.62. The van der Waals surface area contributed by atoms with E-state index in [9.17, 15) is 9.90 Å². The summed E-state index contributed by atoms with van der Waals surface area (Å²) in [6.45, 7) is 9.27. The number of carbonyl (C=O) groups is 1. The lowest BCUT2D eigenvalue weighted by Gasteiger charge is -2.18. The summed E-state index contributed by atoms with van der Waals surface area (Å²) in [4.78, 5) is 23.4. The van der Waals surface area contributed by atoms with Gasteiger partial charge in [-0.2, -0.15) is 0 Å². The molecule has 0 saturated carbocycles. The van der Waals surface area contributed by atoms with Gasteiger partial charge in [0.2, 0.25) is 0 Å². The van der Waals surface area contributed by atoms with Gasteiger partial charge in [-0.1, -0.05) is 45.4 Å². The molecule has 166 valence electrons. The fraction of sp³-hybridized carbons (Fsp3) is 0.346. The van der Waals surface area contributed by atoms with Crippen molar-refractivity contribution in [2.24, 2.45) is 5.92 Å².